The monoisotopic (exact) mass is 404 g/mol. The molecule has 0 atom stereocenters. The van der Waals surface area contributed by atoms with Crippen molar-refractivity contribution in [3.63, 3.8) is 0 Å². The Bertz CT molecular complexity index is 975. The first kappa shape index (κ1) is 21.4. The number of hydrogen-bond acceptors (Lipinski definition) is 5. The smallest absolute Gasteiger partial charge is 0.326 e. The second kappa shape index (κ2) is 8.43. The number of carbonyl (C=O) groups is 2. The molecule has 28 heavy (non-hydrogen) atoms. The van der Waals surface area contributed by atoms with Gasteiger partial charge in [0.2, 0.25) is 5.91 Å². The van der Waals surface area contributed by atoms with E-state index in [4.69, 9.17) is 4.74 Å². The van der Waals surface area contributed by atoms with Gasteiger partial charge in [-0.15, -0.1) is 0 Å². The molecule has 7 nitrogen and oxygen atoms in total. The molecule has 0 aromatic heterocycles. The van der Waals surface area contributed by atoms with Crippen LogP contribution in [0.2, 0.25) is 0 Å². The molecule has 0 saturated carbocycles. The molecule has 0 saturated heterocycles. The van der Waals surface area contributed by atoms with E-state index < -0.39 is 22.5 Å². The zero-order valence-corrected chi connectivity index (χ0v) is 17.4. The largest absolute Gasteiger partial charge is 0.468 e. The molecule has 0 radical (unpaired) electrons. The van der Waals surface area contributed by atoms with Crippen LogP contribution in [0, 0.1) is 20.8 Å². The Morgan fingerprint density at radius 3 is 2.04 bits per heavy atom. The highest BCUT2D eigenvalue weighted by Crippen LogP contribution is 2.31. The molecule has 8 heteroatoms. The molecule has 0 heterocycles. The van der Waals surface area contributed by atoms with Crippen LogP contribution in [0.3, 0.4) is 0 Å². The van der Waals surface area contributed by atoms with Gasteiger partial charge in [0, 0.05) is 12.6 Å². The SMILES string of the molecule is COC(=O)CN(c1c(C)cc(C)cc1C)S(=O)(=O)c1ccc(NC(C)=O)cc1. The number of carbonyl (C=O) groups excluding carboxylic acids is 2. The predicted octanol–water partition coefficient (Wildman–Crippen LogP) is 2.94. The maximum atomic E-state index is 13.3. The quantitative estimate of drug-likeness (QED) is 0.747. The summed E-state index contributed by atoms with van der Waals surface area (Å²) in [6.07, 6.45) is 0. The molecular formula is C20H24N2O5S. The van der Waals surface area contributed by atoms with Crippen LogP contribution in [0.1, 0.15) is 23.6 Å². The van der Waals surface area contributed by atoms with Gasteiger partial charge in [0.15, 0.2) is 0 Å². The number of sulfonamides is 1. The Morgan fingerprint density at radius 2 is 1.57 bits per heavy atom. The van der Waals surface area contributed by atoms with Crippen molar-refractivity contribution in [1.82, 2.24) is 0 Å². The maximum Gasteiger partial charge on any atom is 0.326 e. The van der Waals surface area contributed by atoms with Gasteiger partial charge in [-0.1, -0.05) is 17.7 Å². The van der Waals surface area contributed by atoms with E-state index in [1.54, 1.807) is 13.8 Å². The van der Waals surface area contributed by atoms with Gasteiger partial charge < -0.3 is 10.1 Å². The van der Waals surface area contributed by atoms with Crippen LogP contribution in [0.25, 0.3) is 0 Å². The highest BCUT2D eigenvalue weighted by Gasteiger charge is 2.30. The summed E-state index contributed by atoms with van der Waals surface area (Å²) in [5, 5.41) is 2.59. The number of methoxy groups -OCH3 is 1. The summed E-state index contributed by atoms with van der Waals surface area (Å²) in [6.45, 7) is 6.44. The summed E-state index contributed by atoms with van der Waals surface area (Å²) in [5.41, 5.74) is 3.39. The topological polar surface area (TPSA) is 92.8 Å². The Kier molecular flexibility index (Phi) is 6.45. The van der Waals surface area contributed by atoms with Crippen molar-refractivity contribution in [2.45, 2.75) is 32.6 Å². The summed E-state index contributed by atoms with van der Waals surface area (Å²) in [4.78, 5) is 23.1. The Hall–Kier alpha value is -2.87. The average Bonchev–Trinajstić information content (AvgIpc) is 2.59. The van der Waals surface area contributed by atoms with Crippen LogP contribution < -0.4 is 9.62 Å². The molecule has 2 aromatic rings. The number of nitrogens with zero attached hydrogens (tertiary/aromatic N) is 1. The molecule has 0 spiro atoms. The summed E-state index contributed by atoms with van der Waals surface area (Å²) in [6, 6.07) is 9.51. The van der Waals surface area contributed by atoms with E-state index in [1.165, 1.54) is 38.3 Å². The fourth-order valence-corrected chi connectivity index (χ4v) is 4.61. The lowest BCUT2D eigenvalue weighted by Crippen LogP contribution is -2.37. The molecular weight excluding hydrogens is 380 g/mol. The second-order valence-corrected chi connectivity index (χ2v) is 8.40. The Morgan fingerprint density at radius 1 is 1.04 bits per heavy atom. The summed E-state index contributed by atoms with van der Waals surface area (Å²) >= 11 is 0. The van der Waals surface area contributed by atoms with E-state index in [0.717, 1.165) is 21.0 Å². The van der Waals surface area contributed by atoms with E-state index in [9.17, 15) is 18.0 Å². The molecule has 150 valence electrons. The van der Waals surface area contributed by atoms with Gasteiger partial charge in [-0.2, -0.15) is 0 Å². The lowest BCUT2D eigenvalue weighted by molar-refractivity contribution is -0.138. The average molecular weight is 404 g/mol. The van der Waals surface area contributed by atoms with E-state index in [2.05, 4.69) is 5.32 Å². The van der Waals surface area contributed by atoms with Gasteiger partial charge in [0.05, 0.1) is 17.7 Å². The van der Waals surface area contributed by atoms with Gasteiger partial charge in [-0.3, -0.25) is 13.9 Å². The molecule has 0 aliphatic rings. The molecule has 1 N–H and O–H groups in total. The first-order chi connectivity index (χ1) is 13.1. The fourth-order valence-electron chi connectivity index (χ4n) is 3.07. The van der Waals surface area contributed by atoms with Crippen molar-refractivity contribution in [3.05, 3.63) is 53.1 Å². The first-order valence-corrected chi connectivity index (χ1v) is 10.1. The summed E-state index contributed by atoms with van der Waals surface area (Å²) in [7, 11) is -2.83. The molecule has 1 amide bonds. The van der Waals surface area contributed by atoms with Crippen LogP contribution in [-0.4, -0.2) is 33.9 Å². The highest BCUT2D eigenvalue weighted by atomic mass is 32.2. The van der Waals surface area contributed by atoms with Crippen molar-refractivity contribution in [2.24, 2.45) is 0 Å². The molecule has 0 unspecified atom stereocenters. The van der Waals surface area contributed by atoms with E-state index in [-0.39, 0.29) is 10.8 Å². The third-order valence-corrected chi connectivity index (χ3v) is 5.91. The maximum absolute atomic E-state index is 13.3. The van der Waals surface area contributed by atoms with E-state index in [1.807, 2.05) is 19.1 Å². The van der Waals surface area contributed by atoms with Gasteiger partial charge >= 0.3 is 5.97 Å². The zero-order valence-electron chi connectivity index (χ0n) is 16.6. The number of esters is 1. The van der Waals surface area contributed by atoms with Crippen LogP contribution in [0.15, 0.2) is 41.3 Å². The van der Waals surface area contributed by atoms with Crippen LogP contribution in [0.5, 0.6) is 0 Å². The van der Waals surface area contributed by atoms with Gasteiger partial charge in [0.1, 0.15) is 6.54 Å². The normalized spacial score (nSPS) is 11.0. The lowest BCUT2D eigenvalue weighted by atomic mass is 10.1. The Balaban J connectivity index is 2.56. The lowest BCUT2D eigenvalue weighted by Gasteiger charge is -2.27. The number of rotatable bonds is 6. The summed E-state index contributed by atoms with van der Waals surface area (Å²) in [5.74, 6) is -0.924. The van der Waals surface area contributed by atoms with Gasteiger partial charge in [-0.25, -0.2) is 8.42 Å². The molecule has 0 bridgehead atoms. The second-order valence-electron chi connectivity index (χ2n) is 6.54. The molecule has 2 rings (SSSR count). The number of ether oxygens (including phenoxy) is 1. The van der Waals surface area contributed by atoms with Crippen molar-refractivity contribution in [3.8, 4) is 0 Å². The zero-order chi connectivity index (χ0) is 21.1. The Labute approximate surface area is 165 Å². The molecule has 0 fully saturated rings. The van der Waals surface area contributed by atoms with Crippen molar-refractivity contribution in [2.75, 3.05) is 23.3 Å². The van der Waals surface area contributed by atoms with Crippen molar-refractivity contribution in [1.29, 1.82) is 0 Å². The number of anilines is 2. The molecule has 2 aromatic carbocycles. The third-order valence-electron chi connectivity index (χ3n) is 4.15. The van der Waals surface area contributed by atoms with Crippen molar-refractivity contribution < 1.29 is 22.7 Å². The van der Waals surface area contributed by atoms with E-state index in [0.29, 0.717) is 11.4 Å². The van der Waals surface area contributed by atoms with Gasteiger partial charge in [-0.05, 0) is 56.2 Å². The van der Waals surface area contributed by atoms with Crippen molar-refractivity contribution >= 4 is 33.3 Å². The minimum absolute atomic E-state index is 0.00452. The number of benzene rings is 2. The first-order valence-electron chi connectivity index (χ1n) is 8.61. The number of aryl methyl sites for hydroxylation is 3. The standard InChI is InChI=1S/C20H24N2O5S/c1-13-10-14(2)20(15(3)11-13)22(12-19(24)27-5)28(25,26)18-8-6-17(7-9-18)21-16(4)23/h6-11H,12H2,1-5H3,(H,21,23). The van der Waals surface area contributed by atoms with E-state index >= 15 is 0 Å². The fraction of sp³-hybridized carbons (Fsp3) is 0.300. The third kappa shape index (κ3) is 4.69. The number of amides is 1. The van der Waals surface area contributed by atoms with Gasteiger partial charge in [0.25, 0.3) is 10.0 Å². The van der Waals surface area contributed by atoms with Crippen LogP contribution in [-0.2, 0) is 24.3 Å². The number of hydrogen-bond donors (Lipinski definition) is 1. The predicted molar refractivity (Wildman–Crippen MR) is 108 cm³/mol. The molecule has 0 aliphatic carbocycles. The number of nitrogens with one attached hydrogen (secondary N) is 1. The highest BCUT2D eigenvalue weighted by molar-refractivity contribution is 7.92. The minimum atomic E-state index is -4.04. The molecule has 0 aliphatic heterocycles. The van der Waals surface area contributed by atoms with Crippen LogP contribution >= 0.6 is 0 Å². The summed E-state index contributed by atoms with van der Waals surface area (Å²) < 4.78 is 32.4. The minimum Gasteiger partial charge on any atom is -0.468 e. The van der Waals surface area contributed by atoms with Crippen LogP contribution in [0.4, 0.5) is 11.4 Å².